The van der Waals surface area contributed by atoms with Gasteiger partial charge in [-0.1, -0.05) is 0 Å². The number of primary amides is 1. The van der Waals surface area contributed by atoms with Gasteiger partial charge in [-0.2, -0.15) is 0 Å². The van der Waals surface area contributed by atoms with Gasteiger partial charge in [0.25, 0.3) is 0 Å². The van der Waals surface area contributed by atoms with Gasteiger partial charge in [-0.05, 0) is 25.8 Å². The summed E-state index contributed by atoms with van der Waals surface area (Å²) in [5.41, 5.74) is 9.81. The first kappa shape index (κ1) is 24.7. The number of nitrogens with two attached hydrogens (primary N) is 2. The number of aliphatic carboxylic acids is 3. The maximum Gasteiger partial charge on any atom is 0.320 e. The maximum atomic E-state index is 10.2. The Bertz CT molecular complexity index is 510. The predicted octanol–water partition coefficient (Wildman–Crippen LogP) is -2.72. The number of aliphatic hydroxyl groups excluding tert-OH is 1. The van der Waals surface area contributed by atoms with E-state index in [4.69, 9.17) is 31.9 Å². The van der Waals surface area contributed by atoms with Gasteiger partial charge in [-0.3, -0.25) is 19.2 Å². The monoisotopic (exact) mass is 392 g/mol. The van der Waals surface area contributed by atoms with E-state index in [1.165, 1.54) is 0 Å². The molecule has 2 fully saturated rings. The number of carboxylic acids is 3. The van der Waals surface area contributed by atoms with Gasteiger partial charge in [0.05, 0.1) is 6.10 Å². The topological polar surface area (TPSA) is 225 Å². The molecule has 0 saturated carbocycles. The van der Waals surface area contributed by atoms with Crippen molar-refractivity contribution in [3.63, 3.8) is 0 Å². The minimum absolute atomic E-state index is 0.0213. The summed E-state index contributed by atoms with van der Waals surface area (Å²) in [4.78, 5) is 40.4. The van der Waals surface area contributed by atoms with Crippen LogP contribution < -0.4 is 22.1 Å². The van der Waals surface area contributed by atoms with E-state index in [9.17, 15) is 19.2 Å². The highest BCUT2D eigenvalue weighted by molar-refractivity contribution is 5.77. The first-order valence-electron chi connectivity index (χ1n) is 8.41. The van der Waals surface area contributed by atoms with Gasteiger partial charge in [0.2, 0.25) is 5.91 Å². The van der Waals surface area contributed by atoms with Crippen LogP contribution in [0.4, 0.5) is 0 Å². The zero-order valence-corrected chi connectivity index (χ0v) is 14.8. The number of aliphatic hydroxyl groups is 1. The van der Waals surface area contributed by atoms with E-state index < -0.39 is 42.0 Å². The van der Waals surface area contributed by atoms with Gasteiger partial charge < -0.3 is 42.5 Å². The lowest BCUT2D eigenvalue weighted by molar-refractivity contribution is -0.140. The van der Waals surface area contributed by atoms with Gasteiger partial charge in [0.1, 0.15) is 18.1 Å². The molecule has 156 valence electrons. The molecule has 12 heteroatoms. The van der Waals surface area contributed by atoms with Crippen LogP contribution in [-0.4, -0.2) is 81.6 Å². The molecule has 0 aromatic carbocycles. The number of carbonyl (C=O) groups is 4. The quantitative estimate of drug-likeness (QED) is 0.232. The Morgan fingerprint density at radius 3 is 1.89 bits per heavy atom. The molecule has 0 bridgehead atoms. The molecule has 2 rings (SSSR count). The third kappa shape index (κ3) is 11.9. The van der Waals surface area contributed by atoms with Crippen molar-refractivity contribution in [2.24, 2.45) is 11.5 Å². The van der Waals surface area contributed by atoms with E-state index in [-0.39, 0.29) is 18.9 Å². The van der Waals surface area contributed by atoms with Crippen molar-refractivity contribution in [2.45, 2.75) is 56.3 Å². The average Bonchev–Trinajstić information content (AvgIpc) is 3.25. The highest BCUT2D eigenvalue weighted by Gasteiger charge is 2.27. The number of nitrogens with one attached hydrogen (secondary N) is 2. The highest BCUT2D eigenvalue weighted by atomic mass is 16.4. The highest BCUT2D eigenvalue weighted by Crippen LogP contribution is 2.05. The normalized spacial score (nSPS) is 24.6. The van der Waals surface area contributed by atoms with E-state index in [1.54, 1.807) is 0 Å². The molecule has 0 unspecified atom stereocenters. The van der Waals surface area contributed by atoms with Crippen molar-refractivity contribution >= 4 is 23.8 Å². The van der Waals surface area contributed by atoms with Crippen LogP contribution >= 0.6 is 0 Å². The van der Waals surface area contributed by atoms with E-state index in [0.29, 0.717) is 13.0 Å². The van der Waals surface area contributed by atoms with Crippen LogP contribution in [0.2, 0.25) is 0 Å². The Morgan fingerprint density at radius 2 is 1.63 bits per heavy atom. The molecule has 2 aliphatic heterocycles. The van der Waals surface area contributed by atoms with Gasteiger partial charge in [-0.25, -0.2) is 0 Å². The SMILES string of the molecule is NC(=O)CC[C@H](N)C(=O)O.O=C(O)[C@@H]1CCCN1.O=C(O)[C@@H]1C[C@@H](O)CN1. The molecule has 12 nitrogen and oxygen atoms in total. The van der Waals surface area contributed by atoms with Crippen LogP contribution in [0.3, 0.4) is 0 Å². The van der Waals surface area contributed by atoms with Crippen LogP contribution in [0, 0.1) is 0 Å². The Kier molecular flexibility index (Phi) is 11.9. The Labute approximate surface area is 155 Å². The fourth-order valence-electron chi connectivity index (χ4n) is 2.22. The third-order valence-electron chi connectivity index (χ3n) is 3.78. The number of carbonyl (C=O) groups excluding carboxylic acids is 1. The van der Waals surface area contributed by atoms with Crippen molar-refractivity contribution in [1.82, 2.24) is 10.6 Å². The minimum atomic E-state index is -1.11. The van der Waals surface area contributed by atoms with Crippen molar-refractivity contribution < 1.29 is 39.6 Å². The number of hydrogen-bond acceptors (Lipinski definition) is 8. The smallest absolute Gasteiger partial charge is 0.320 e. The molecule has 0 spiro atoms. The molecule has 2 heterocycles. The van der Waals surface area contributed by atoms with E-state index in [2.05, 4.69) is 10.6 Å². The molecule has 10 N–H and O–H groups in total. The number of hydrogen-bond donors (Lipinski definition) is 8. The lowest BCUT2D eigenvalue weighted by Crippen LogP contribution is -2.31. The van der Waals surface area contributed by atoms with Crippen molar-refractivity contribution in [3.8, 4) is 0 Å². The second kappa shape index (κ2) is 13.0. The Morgan fingerprint density at radius 1 is 1.04 bits per heavy atom. The number of amides is 1. The fraction of sp³-hybridized carbons (Fsp3) is 0.733. The molecule has 0 aliphatic carbocycles. The van der Waals surface area contributed by atoms with Crippen LogP contribution in [-0.2, 0) is 19.2 Å². The summed E-state index contributed by atoms with van der Waals surface area (Å²) >= 11 is 0. The summed E-state index contributed by atoms with van der Waals surface area (Å²) in [6, 6.07) is -1.79. The lowest BCUT2D eigenvalue weighted by atomic mass is 10.2. The molecule has 4 atom stereocenters. The largest absolute Gasteiger partial charge is 0.480 e. The molecular weight excluding hydrogens is 364 g/mol. The van der Waals surface area contributed by atoms with Crippen LogP contribution in [0.15, 0.2) is 0 Å². The van der Waals surface area contributed by atoms with Gasteiger partial charge >= 0.3 is 17.9 Å². The fourth-order valence-corrected chi connectivity index (χ4v) is 2.22. The standard InChI is InChI=1S/C5H10N2O3.C5H9NO3.C5H9NO2/c6-3(5(9)10)1-2-4(7)8;7-3-1-4(5(8)9)6-2-3;7-5(8)4-2-1-3-6-4/h3H,1-2,6H2,(H2,7,8)(H,9,10);3-4,6-7H,1-2H2,(H,8,9);4,6H,1-3H2,(H,7,8)/t3-;3-,4+;4-/m010/s1. The number of β-amino-alcohol motifs (C(OH)–C–C–N with tert-alkyl or cyclic N) is 1. The van der Waals surface area contributed by atoms with Crippen LogP contribution in [0.5, 0.6) is 0 Å². The lowest BCUT2D eigenvalue weighted by Gasteiger charge is -2.01. The summed E-state index contributed by atoms with van der Waals surface area (Å²) in [5.74, 6) is -3.24. The predicted molar refractivity (Wildman–Crippen MR) is 92.8 cm³/mol. The van der Waals surface area contributed by atoms with Gasteiger partial charge in [0.15, 0.2) is 0 Å². The molecule has 0 aromatic heterocycles. The summed E-state index contributed by atoms with van der Waals surface area (Å²) in [5, 5.41) is 39.3. The molecule has 2 aliphatic rings. The van der Waals surface area contributed by atoms with E-state index in [0.717, 1.165) is 19.4 Å². The van der Waals surface area contributed by atoms with Crippen molar-refractivity contribution in [1.29, 1.82) is 0 Å². The summed E-state index contributed by atoms with van der Waals surface area (Å²) in [7, 11) is 0. The molecule has 27 heavy (non-hydrogen) atoms. The number of rotatable bonds is 6. The van der Waals surface area contributed by atoms with E-state index >= 15 is 0 Å². The van der Waals surface area contributed by atoms with Crippen molar-refractivity contribution in [3.05, 3.63) is 0 Å². The molecule has 0 aromatic rings. The molecule has 1 amide bonds. The minimum Gasteiger partial charge on any atom is -0.480 e. The van der Waals surface area contributed by atoms with Gasteiger partial charge in [0, 0.05) is 19.4 Å². The van der Waals surface area contributed by atoms with Crippen LogP contribution in [0.25, 0.3) is 0 Å². The molecule has 2 saturated heterocycles. The average molecular weight is 392 g/mol. The van der Waals surface area contributed by atoms with Gasteiger partial charge in [-0.15, -0.1) is 0 Å². The Hall–Kier alpha value is -2.28. The Balaban J connectivity index is 0.000000377. The second-order valence-corrected chi connectivity index (χ2v) is 6.13. The van der Waals surface area contributed by atoms with E-state index in [1.807, 2.05) is 0 Å². The number of carboxylic acid groups (broad SMARTS) is 3. The maximum absolute atomic E-state index is 10.2. The first-order chi connectivity index (χ1) is 12.5. The zero-order valence-electron chi connectivity index (χ0n) is 14.8. The summed E-state index contributed by atoms with van der Waals surface area (Å²) < 4.78 is 0. The zero-order chi connectivity index (χ0) is 21.0. The van der Waals surface area contributed by atoms with Crippen LogP contribution in [0.1, 0.15) is 32.1 Å². The summed E-state index contributed by atoms with van der Waals surface area (Å²) in [6.45, 7) is 1.26. The third-order valence-corrected chi connectivity index (χ3v) is 3.78. The van der Waals surface area contributed by atoms with Crippen molar-refractivity contribution in [2.75, 3.05) is 13.1 Å². The first-order valence-corrected chi connectivity index (χ1v) is 8.41. The molecular formula is C15H28N4O8. The second-order valence-electron chi connectivity index (χ2n) is 6.13. The molecule has 0 radical (unpaired) electrons. The summed E-state index contributed by atoms with van der Waals surface area (Å²) in [6.07, 6.45) is 1.76.